The third kappa shape index (κ3) is 4.35. The smallest absolute Gasteiger partial charge is 0.232 e. The van der Waals surface area contributed by atoms with Crippen molar-refractivity contribution in [1.29, 1.82) is 0 Å². The van der Waals surface area contributed by atoms with E-state index < -0.39 is 0 Å². The SMILES string of the molecule is CCn1c(SCc2nc(N)nc(Nc3ccc(F)cc3)n2)nnc1-c1ccco1. The lowest BCUT2D eigenvalue weighted by molar-refractivity contribution is 0.567. The number of anilines is 3. The Kier molecular flexibility index (Phi) is 5.38. The van der Waals surface area contributed by atoms with Gasteiger partial charge in [-0.1, -0.05) is 11.8 Å². The lowest BCUT2D eigenvalue weighted by atomic mass is 10.3. The topological polar surface area (TPSA) is 121 Å². The number of nitrogens with zero attached hydrogens (tertiary/aromatic N) is 6. The van der Waals surface area contributed by atoms with Crippen LogP contribution in [-0.4, -0.2) is 29.7 Å². The average Bonchev–Trinajstić information content (AvgIpc) is 3.37. The number of benzene rings is 1. The Hall–Kier alpha value is -3.47. The Morgan fingerprint density at radius 1 is 1.14 bits per heavy atom. The highest BCUT2D eigenvalue weighted by atomic mass is 32.2. The summed E-state index contributed by atoms with van der Waals surface area (Å²) in [7, 11) is 0. The monoisotopic (exact) mass is 412 g/mol. The van der Waals surface area contributed by atoms with Gasteiger partial charge in [-0.3, -0.25) is 4.57 Å². The van der Waals surface area contributed by atoms with Crippen molar-refractivity contribution in [3.8, 4) is 11.6 Å². The molecule has 0 saturated heterocycles. The summed E-state index contributed by atoms with van der Waals surface area (Å²) in [5, 5.41) is 12.2. The van der Waals surface area contributed by atoms with Crippen LogP contribution < -0.4 is 11.1 Å². The quantitative estimate of drug-likeness (QED) is 0.439. The van der Waals surface area contributed by atoms with Crippen LogP contribution in [0, 0.1) is 5.82 Å². The largest absolute Gasteiger partial charge is 0.461 e. The number of aromatic nitrogens is 6. The molecule has 9 nitrogen and oxygen atoms in total. The third-order valence-corrected chi connectivity index (χ3v) is 4.87. The minimum absolute atomic E-state index is 0.0912. The predicted molar refractivity (Wildman–Crippen MR) is 107 cm³/mol. The van der Waals surface area contributed by atoms with Crippen LogP contribution in [0.2, 0.25) is 0 Å². The molecule has 29 heavy (non-hydrogen) atoms. The van der Waals surface area contributed by atoms with Gasteiger partial charge in [0, 0.05) is 12.2 Å². The Morgan fingerprint density at radius 2 is 1.97 bits per heavy atom. The minimum atomic E-state index is -0.322. The molecule has 0 radical (unpaired) electrons. The Bertz CT molecular complexity index is 1100. The second-order valence-electron chi connectivity index (χ2n) is 5.88. The molecule has 0 aliphatic carbocycles. The summed E-state index contributed by atoms with van der Waals surface area (Å²) in [6, 6.07) is 9.51. The van der Waals surface area contributed by atoms with E-state index in [1.54, 1.807) is 24.5 Å². The molecule has 0 amide bonds. The van der Waals surface area contributed by atoms with Crippen LogP contribution >= 0.6 is 11.8 Å². The van der Waals surface area contributed by atoms with Crippen LogP contribution in [-0.2, 0) is 12.3 Å². The summed E-state index contributed by atoms with van der Waals surface area (Å²) < 4.78 is 20.4. The molecule has 4 aromatic rings. The molecule has 0 saturated carbocycles. The van der Waals surface area contributed by atoms with Crippen molar-refractivity contribution >= 4 is 29.3 Å². The van der Waals surface area contributed by atoms with Gasteiger partial charge >= 0.3 is 0 Å². The maximum Gasteiger partial charge on any atom is 0.232 e. The predicted octanol–water partition coefficient (Wildman–Crippen LogP) is 3.50. The van der Waals surface area contributed by atoms with Crippen LogP contribution in [0.1, 0.15) is 12.7 Å². The van der Waals surface area contributed by atoms with Gasteiger partial charge in [-0.05, 0) is 43.3 Å². The van der Waals surface area contributed by atoms with Gasteiger partial charge in [0.05, 0.1) is 12.0 Å². The molecule has 0 spiro atoms. The number of hydrogen-bond donors (Lipinski definition) is 2. The van der Waals surface area contributed by atoms with Crippen molar-refractivity contribution in [3.05, 3.63) is 54.3 Å². The summed E-state index contributed by atoms with van der Waals surface area (Å²) in [6.45, 7) is 2.69. The second-order valence-corrected chi connectivity index (χ2v) is 6.82. The van der Waals surface area contributed by atoms with E-state index in [-0.39, 0.29) is 17.7 Å². The van der Waals surface area contributed by atoms with Crippen LogP contribution in [0.5, 0.6) is 0 Å². The number of nitrogen functional groups attached to an aromatic ring is 1. The van der Waals surface area contributed by atoms with E-state index in [4.69, 9.17) is 10.2 Å². The molecule has 0 atom stereocenters. The fourth-order valence-electron chi connectivity index (χ4n) is 2.62. The van der Waals surface area contributed by atoms with Crippen LogP contribution in [0.4, 0.5) is 22.0 Å². The zero-order valence-electron chi connectivity index (χ0n) is 15.4. The molecular formula is C18H17FN8OS. The average molecular weight is 412 g/mol. The van der Waals surface area contributed by atoms with Gasteiger partial charge in [0.1, 0.15) is 11.6 Å². The standard InChI is InChI=1S/C18H17FN8OS/c1-2-27-15(13-4-3-9-28-13)25-26-18(27)29-10-14-22-16(20)24-17(23-14)21-12-7-5-11(19)6-8-12/h3-9H,2,10H2,1H3,(H3,20,21,22,23,24). The zero-order valence-corrected chi connectivity index (χ0v) is 16.2. The van der Waals surface area contributed by atoms with Gasteiger partial charge in [0.15, 0.2) is 16.7 Å². The van der Waals surface area contributed by atoms with Crippen molar-refractivity contribution in [1.82, 2.24) is 29.7 Å². The summed E-state index contributed by atoms with van der Waals surface area (Å²) in [4.78, 5) is 12.6. The molecule has 0 fully saturated rings. The first-order valence-corrected chi connectivity index (χ1v) is 9.74. The highest BCUT2D eigenvalue weighted by Crippen LogP contribution is 2.26. The number of hydrogen-bond acceptors (Lipinski definition) is 9. The van der Waals surface area contributed by atoms with Crippen LogP contribution in [0.25, 0.3) is 11.6 Å². The summed E-state index contributed by atoms with van der Waals surface area (Å²) in [5.41, 5.74) is 6.46. The Morgan fingerprint density at radius 3 is 2.69 bits per heavy atom. The van der Waals surface area contributed by atoms with Crippen molar-refractivity contribution in [2.45, 2.75) is 24.4 Å². The first-order chi connectivity index (χ1) is 14.1. The lowest BCUT2D eigenvalue weighted by Crippen LogP contribution is -2.07. The van der Waals surface area contributed by atoms with Crippen molar-refractivity contribution < 1.29 is 8.81 Å². The molecule has 3 aromatic heterocycles. The van der Waals surface area contributed by atoms with Gasteiger partial charge in [0.2, 0.25) is 11.9 Å². The van der Waals surface area contributed by atoms with E-state index in [1.807, 2.05) is 17.6 Å². The first kappa shape index (κ1) is 18.9. The zero-order chi connectivity index (χ0) is 20.2. The van der Waals surface area contributed by atoms with Crippen LogP contribution in [0.3, 0.4) is 0 Å². The molecule has 3 N–H and O–H groups in total. The Labute approximate surface area is 169 Å². The molecule has 4 rings (SSSR count). The van der Waals surface area contributed by atoms with Gasteiger partial charge in [-0.25, -0.2) is 4.39 Å². The van der Waals surface area contributed by atoms with Crippen LogP contribution in [0.15, 0.2) is 52.2 Å². The molecule has 3 heterocycles. The van der Waals surface area contributed by atoms with Gasteiger partial charge < -0.3 is 15.5 Å². The first-order valence-electron chi connectivity index (χ1n) is 8.75. The highest BCUT2D eigenvalue weighted by Gasteiger charge is 2.16. The molecule has 148 valence electrons. The summed E-state index contributed by atoms with van der Waals surface area (Å²) in [5.74, 6) is 2.27. The van der Waals surface area contributed by atoms with Gasteiger partial charge in [-0.2, -0.15) is 15.0 Å². The molecule has 0 aliphatic heterocycles. The fraction of sp³-hybridized carbons (Fsp3) is 0.167. The van der Waals surface area contributed by atoms with Crippen molar-refractivity contribution in [3.63, 3.8) is 0 Å². The van der Waals surface area contributed by atoms with E-state index in [1.165, 1.54) is 23.9 Å². The third-order valence-electron chi connectivity index (χ3n) is 3.90. The van der Waals surface area contributed by atoms with Crippen molar-refractivity contribution in [2.75, 3.05) is 11.1 Å². The maximum absolute atomic E-state index is 13.1. The van der Waals surface area contributed by atoms with Gasteiger partial charge in [-0.15, -0.1) is 10.2 Å². The molecule has 0 unspecified atom stereocenters. The number of thioether (sulfide) groups is 1. The van der Waals surface area contributed by atoms with E-state index in [0.717, 1.165) is 0 Å². The second kappa shape index (κ2) is 8.27. The van der Waals surface area contributed by atoms with E-state index in [9.17, 15) is 4.39 Å². The summed E-state index contributed by atoms with van der Waals surface area (Å²) >= 11 is 1.43. The number of furan rings is 1. The van der Waals surface area contributed by atoms with E-state index in [2.05, 4.69) is 30.5 Å². The summed E-state index contributed by atoms with van der Waals surface area (Å²) in [6.07, 6.45) is 1.60. The normalized spacial score (nSPS) is 11.0. The minimum Gasteiger partial charge on any atom is -0.461 e. The number of nitrogens with two attached hydrogens (primary N) is 1. The molecule has 1 aromatic carbocycles. The maximum atomic E-state index is 13.1. The number of halogens is 1. The number of rotatable bonds is 7. The molecule has 0 bridgehead atoms. The molecule has 0 aliphatic rings. The molecule has 11 heteroatoms. The number of nitrogens with one attached hydrogen (secondary N) is 1. The van der Waals surface area contributed by atoms with E-state index in [0.29, 0.717) is 40.6 Å². The lowest BCUT2D eigenvalue weighted by Gasteiger charge is -2.08. The van der Waals surface area contributed by atoms with Gasteiger partial charge in [0.25, 0.3) is 0 Å². The van der Waals surface area contributed by atoms with Crippen molar-refractivity contribution in [2.24, 2.45) is 0 Å². The Balaban J connectivity index is 1.50. The van der Waals surface area contributed by atoms with E-state index >= 15 is 0 Å². The fourth-order valence-corrected chi connectivity index (χ4v) is 3.48. The molecular weight excluding hydrogens is 395 g/mol. The highest BCUT2D eigenvalue weighted by molar-refractivity contribution is 7.98.